The molecular formula is C16H15BrF3N. The molecule has 0 fully saturated rings. The zero-order valence-electron chi connectivity index (χ0n) is 11.5. The van der Waals surface area contributed by atoms with Gasteiger partial charge in [0.15, 0.2) is 0 Å². The number of hydrogen-bond donors (Lipinski definition) is 1. The quantitative estimate of drug-likeness (QED) is 0.843. The molecule has 0 amide bonds. The molecule has 0 bridgehead atoms. The molecule has 0 heterocycles. The monoisotopic (exact) mass is 357 g/mol. The zero-order chi connectivity index (χ0) is 15.4. The van der Waals surface area contributed by atoms with Crippen molar-refractivity contribution in [3.05, 3.63) is 69.4 Å². The Hall–Kier alpha value is -1.33. The van der Waals surface area contributed by atoms with E-state index in [1.165, 1.54) is 30.3 Å². The fraction of sp³-hybridized carbons (Fsp3) is 0.250. The highest BCUT2D eigenvalue weighted by molar-refractivity contribution is 9.10. The first kappa shape index (κ1) is 16.0. The molecule has 0 aliphatic rings. The third-order valence-electron chi connectivity index (χ3n) is 3.39. The summed E-state index contributed by atoms with van der Waals surface area (Å²) in [4.78, 5) is 0. The highest BCUT2D eigenvalue weighted by Gasteiger charge is 2.16. The Morgan fingerprint density at radius 3 is 2.33 bits per heavy atom. The van der Waals surface area contributed by atoms with Crippen LogP contribution in [0, 0.1) is 17.5 Å². The maximum atomic E-state index is 13.7. The Balaban J connectivity index is 2.19. The van der Waals surface area contributed by atoms with Crippen molar-refractivity contribution in [2.45, 2.75) is 18.9 Å². The Morgan fingerprint density at radius 2 is 1.71 bits per heavy atom. The molecule has 21 heavy (non-hydrogen) atoms. The molecule has 0 saturated heterocycles. The van der Waals surface area contributed by atoms with Gasteiger partial charge in [0, 0.05) is 16.1 Å². The van der Waals surface area contributed by atoms with Gasteiger partial charge in [-0.05, 0) is 55.8 Å². The smallest absolute Gasteiger partial charge is 0.129 e. The molecule has 0 aliphatic carbocycles. The van der Waals surface area contributed by atoms with E-state index < -0.39 is 11.6 Å². The van der Waals surface area contributed by atoms with Gasteiger partial charge in [0.2, 0.25) is 0 Å². The predicted molar refractivity (Wildman–Crippen MR) is 80.7 cm³/mol. The van der Waals surface area contributed by atoms with Gasteiger partial charge < -0.3 is 5.32 Å². The van der Waals surface area contributed by atoms with Gasteiger partial charge >= 0.3 is 0 Å². The maximum Gasteiger partial charge on any atom is 0.129 e. The van der Waals surface area contributed by atoms with E-state index in [1.54, 1.807) is 13.1 Å². The molecule has 0 radical (unpaired) electrons. The lowest BCUT2D eigenvalue weighted by Gasteiger charge is -2.18. The van der Waals surface area contributed by atoms with Crippen LogP contribution in [0.4, 0.5) is 13.2 Å². The van der Waals surface area contributed by atoms with Crippen LogP contribution in [0.15, 0.2) is 40.9 Å². The molecule has 112 valence electrons. The molecule has 1 unspecified atom stereocenters. The van der Waals surface area contributed by atoms with Crippen LogP contribution < -0.4 is 5.32 Å². The molecule has 1 atom stereocenters. The molecule has 2 aromatic carbocycles. The Labute approximate surface area is 130 Å². The number of rotatable bonds is 5. The lowest BCUT2D eigenvalue weighted by atomic mass is 9.98. The van der Waals surface area contributed by atoms with Crippen LogP contribution in [0.2, 0.25) is 0 Å². The molecule has 0 aromatic heterocycles. The zero-order valence-corrected chi connectivity index (χ0v) is 13.1. The first-order valence-electron chi connectivity index (χ1n) is 6.55. The van der Waals surface area contributed by atoms with Crippen LogP contribution in [-0.2, 0) is 12.8 Å². The minimum Gasteiger partial charge on any atom is -0.316 e. The number of halogens is 4. The van der Waals surface area contributed by atoms with Crippen molar-refractivity contribution in [3.63, 3.8) is 0 Å². The average Bonchev–Trinajstić information content (AvgIpc) is 2.45. The van der Waals surface area contributed by atoms with Crippen molar-refractivity contribution >= 4 is 15.9 Å². The molecule has 1 nitrogen and oxygen atoms in total. The van der Waals surface area contributed by atoms with Gasteiger partial charge in [-0.1, -0.05) is 22.0 Å². The van der Waals surface area contributed by atoms with E-state index in [0.29, 0.717) is 6.42 Å². The summed E-state index contributed by atoms with van der Waals surface area (Å²) in [7, 11) is 1.72. The minimum atomic E-state index is -0.562. The minimum absolute atomic E-state index is 0.0457. The normalized spacial score (nSPS) is 12.4. The third kappa shape index (κ3) is 4.08. The van der Waals surface area contributed by atoms with E-state index in [-0.39, 0.29) is 23.8 Å². The van der Waals surface area contributed by atoms with Crippen molar-refractivity contribution < 1.29 is 13.2 Å². The van der Waals surface area contributed by atoms with E-state index in [0.717, 1.165) is 10.0 Å². The predicted octanol–water partition coefficient (Wildman–Crippen LogP) is 4.24. The van der Waals surface area contributed by atoms with Crippen LogP contribution in [0.3, 0.4) is 0 Å². The maximum absolute atomic E-state index is 13.7. The Kier molecular flexibility index (Phi) is 5.42. The summed E-state index contributed by atoms with van der Waals surface area (Å²) in [6, 6.07) is 8.03. The van der Waals surface area contributed by atoms with Gasteiger partial charge in [-0.3, -0.25) is 0 Å². The first-order chi connectivity index (χ1) is 10.0. The van der Waals surface area contributed by atoms with E-state index in [2.05, 4.69) is 21.2 Å². The summed E-state index contributed by atoms with van der Waals surface area (Å²) in [5.41, 5.74) is 0.801. The van der Waals surface area contributed by atoms with Crippen LogP contribution in [0.5, 0.6) is 0 Å². The summed E-state index contributed by atoms with van der Waals surface area (Å²) < 4.78 is 41.5. The van der Waals surface area contributed by atoms with Crippen molar-refractivity contribution in [1.29, 1.82) is 0 Å². The number of nitrogens with one attached hydrogen (secondary N) is 1. The lowest BCUT2D eigenvalue weighted by Crippen LogP contribution is -2.30. The summed E-state index contributed by atoms with van der Waals surface area (Å²) in [5.74, 6) is -1.46. The Bertz CT molecular complexity index is 611. The molecule has 5 heteroatoms. The van der Waals surface area contributed by atoms with Crippen molar-refractivity contribution in [2.75, 3.05) is 7.05 Å². The van der Waals surface area contributed by atoms with Crippen molar-refractivity contribution in [2.24, 2.45) is 0 Å². The van der Waals surface area contributed by atoms with E-state index >= 15 is 0 Å². The standard InChI is InChI=1S/C16H15BrF3N/c1-21-12(8-10-7-11(18)5-6-14(10)17)9-13-15(19)3-2-4-16(13)20/h2-7,12,21H,8-9H2,1H3. The van der Waals surface area contributed by atoms with Crippen LogP contribution in [-0.4, -0.2) is 13.1 Å². The molecule has 2 rings (SSSR count). The molecule has 1 N–H and O–H groups in total. The van der Waals surface area contributed by atoms with E-state index in [4.69, 9.17) is 0 Å². The summed E-state index contributed by atoms with van der Waals surface area (Å²) >= 11 is 3.36. The fourth-order valence-corrected chi connectivity index (χ4v) is 2.62. The molecule has 0 spiro atoms. The van der Waals surface area contributed by atoms with E-state index in [1.807, 2.05) is 0 Å². The third-order valence-corrected chi connectivity index (χ3v) is 4.17. The van der Waals surface area contributed by atoms with Crippen molar-refractivity contribution in [3.8, 4) is 0 Å². The number of likely N-dealkylation sites (N-methyl/N-ethyl adjacent to an activating group) is 1. The molecule has 0 aliphatic heterocycles. The average molecular weight is 358 g/mol. The number of hydrogen-bond acceptors (Lipinski definition) is 1. The largest absolute Gasteiger partial charge is 0.316 e. The topological polar surface area (TPSA) is 12.0 Å². The van der Waals surface area contributed by atoms with Gasteiger partial charge in [0.05, 0.1) is 0 Å². The van der Waals surface area contributed by atoms with Gasteiger partial charge in [0.1, 0.15) is 17.5 Å². The van der Waals surface area contributed by atoms with Crippen LogP contribution in [0.25, 0.3) is 0 Å². The van der Waals surface area contributed by atoms with Gasteiger partial charge in [-0.25, -0.2) is 13.2 Å². The summed E-state index contributed by atoms with van der Waals surface area (Å²) in [5, 5.41) is 3.02. The highest BCUT2D eigenvalue weighted by Crippen LogP contribution is 2.21. The highest BCUT2D eigenvalue weighted by atomic mass is 79.9. The lowest BCUT2D eigenvalue weighted by molar-refractivity contribution is 0.500. The van der Waals surface area contributed by atoms with Gasteiger partial charge in [0.25, 0.3) is 0 Å². The second-order valence-electron chi connectivity index (χ2n) is 4.83. The molecular weight excluding hydrogens is 343 g/mol. The Morgan fingerprint density at radius 1 is 1.05 bits per heavy atom. The number of benzene rings is 2. The first-order valence-corrected chi connectivity index (χ1v) is 7.34. The van der Waals surface area contributed by atoms with Gasteiger partial charge in [-0.15, -0.1) is 0 Å². The van der Waals surface area contributed by atoms with Gasteiger partial charge in [-0.2, -0.15) is 0 Å². The fourth-order valence-electron chi connectivity index (χ4n) is 2.22. The summed E-state index contributed by atoms with van der Waals surface area (Å²) in [6.07, 6.45) is 0.653. The second-order valence-corrected chi connectivity index (χ2v) is 5.68. The van der Waals surface area contributed by atoms with E-state index in [9.17, 15) is 13.2 Å². The van der Waals surface area contributed by atoms with Crippen LogP contribution in [0.1, 0.15) is 11.1 Å². The van der Waals surface area contributed by atoms with Crippen LogP contribution >= 0.6 is 15.9 Å². The SMILES string of the molecule is CNC(Cc1cc(F)ccc1Br)Cc1c(F)cccc1F. The van der Waals surface area contributed by atoms with Crippen molar-refractivity contribution in [1.82, 2.24) is 5.32 Å². The summed E-state index contributed by atoms with van der Waals surface area (Å²) in [6.45, 7) is 0. The molecule has 0 saturated carbocycles. The second kappa shape index (κ2) is 7.09. The molecule has 2 aromatic rings.